The van der Waals surface area contributed by atoms with E-state index in [-0.39, 0.29) is 27.7 Å². The van der Waals surface area contributed by atoms with E-state index in [1.807, 2.05) is 6.92 Å². The number of halogens is 3. The van der Waals surface area contributed by atoms with Crippen molar-refractivity contribution in [3.05, 3.63) is 71.8 Å². The highest BCUT2D eigenvalue weighted by Gasteiger charge is 2.25. The standard InChI is InChI=1S/C17H14BrClFN3O2/c1-8-6-11(19)5-4-10(8)7-12-13(17(24)25-3)9(2)14(18)16(15(12)20)22-23-21/h4-6H,7H2,1-3H3. The van der Waals surface area contributed by atoms with Gasteiger partial charge in [0, 0.05) is 26.4 Å². The molecule has 25 heavy (non-hydrogen) atoms. The Kier molecular flexibility index (Phi) is 6.06. The Morgan fingerprint density at radius 1 is 1.44 bits per heavy atom. The van der Waals surface area contributed by atoms with Crippen LogP contribution >= 0.6 is 27.5 Å². The maximum absolute atomic E-state index is 15.0. The molecule has 2 aromatic carbocycles. The van der Waals surface area contributed by atoms with E-state index in [0.29, 0.717) is 10.6 Å². The van der Waals surface area contributed by atoms with Gasteiger partial charge in [-0.2, -0.15) is 0 Å². The Hall–Kier alpha value is -2.08. The third-order valence-electron chi connectivity index (χ3n) is 3.89. The number of nitrogens with zero attached hydrogens (tertiary/aromatic N) is 3. The summed E-state index contributed by atoms with van der Waals surface area (Å²) >= 11 is 9.15. The van der Waals surface area contributed by atoms with Gasteiger partial charge >= 0.3 is 5.97 Å². The van der Waals surface area contributed by atoms with Crippen molar-refractivity contribution in [3.8, 4) is 0 Å². The van der Waals surface area contributed by atoms with Crippen molar-refractivity contribution in [2.24, 2.45) is 5.11 Å². The van der Waals surface area contributed by atoms with Gasteiger partial charge in [-0.25, -0.2) is 9.18 Å². The molecule has 0 unspecified atom stereocenters. The van der Waals surface area contributed by atoms with E-state index >= 15 is 4.39 Å². The van der Waals surface area contributed by atoms with Crippen LogP contribution in [0.2, 0.25) is 5.02 Å². The number of azide groups is 1. The number of benzene rings is 2. The number of rotatable bonds is 4. The predicted octanol–water partition coefficient (Wildman–Crippen LogP) is 6.18. The number of aryl methyl sites for hydroxylation is 1. The van der Waals surface area contributed by atoms with Crippen molar-refractivity contribution >= 4 is 39.2 Å². The molecule has 0 atom stereocenters. The average Bonchev–Trinajstić information content (AvgIpc) is 2.58. The third kappa shape index (κ3) is 3.79. The van der Waals surface area contributed by atoms with E-state index in [9.17, 15) is 4.79 Å². The lowest BCUT2D eigenvalue weighted by Gasteiger charge is -2.17. The summed E-state index contributed by atoms with van der Waals surface area (Å²) in [6, 6.07) is 5.22. The van der Waals surface area contributed by atoms with Crippen molar-refractivity contribution in [1.29, 1.82) is 0 Å². The first-order valence-corrected chi connectivity index (χ1v) is 8.37. The van der Waals surface area contributed by atoms with E-state index in [1.165, 1.54) is 7.11 Å². The fourth-order valence-electron chi connectivity index (χ4n) is 2.59. The Labute approximate surface area is 157 Å². The topological polar surface area (TPSA) is 75.1 Å². The number of hydrogen-bond acceptors (Lipinski definition) is 3. The molecule has 0 fully saturated rings. The summed E-state index contributed by atoms with van der Waals surface area (Å²) in [4.78, 5) is 14.9. The second-order valence-corrected chi connectivity index (χ2v) is 6.61. The largest absolute Gasteiger partial charge is 0.465 e. The molecule has 5 nitrogen and oxygen atoms in total. The fraction of sp³-hybridized carbons (Fsp3) is 0.235. The van der Waals surface area contributed by atoms with Gasteiger partial charge in [0.1, 0.15) is 5.82 Å². The number of carbonyl (C=O) groups is 1. The van der Waals surface area contributed by atoms with Crippen LogP contribution in [0.3, 0.4) is 0 Å². The summed E-state index contributed by atoms with van der Waals surface area (Å²) in [5.74, 6) is -1.42. The summed E-state index contributed by atoms with van der Waals surface area (Å²) < 4.78 is 20.1. The van der Waals surface area contributed by atoms with Crippen LogP contribution in [0.1, 0.15) is 32.6 Å². The Bertz CT molecular complexity index is 911. The average molecular weight is 427 g/mol. The van der Waals surface area contributed by atoms with Crippen LogP contribution in [0.15, 0.2) is 27.8 Å². The molecule has 0 bridgehead atoms. The molecular formula is C17H14BrClFN3O2. The number of methoxy groups -OCH3 is 1. The molecule has 2 aromatic rings. The van der Waals surface area contributed by atoms with Crippen molar-refractivity contribution < 1.29 is 13.9 Å². The first kappa shape index (κ1) is 19.2. The molecule has 8 heteroatoms. The van der Waals surface area contributed by atoms with Crippen molar-refractivity contribution in [1.82, 2.24) is 0 Å². The molecule has 2 rings (SSSR count). The Morgan fingerprint density at radius 3 is 2.68 bits per heavy atom. The van der Waals surface area contributed by atoms with Gasteiger partial charge in [0.25, 0.3) is 0 Å². The van der Waals surface area contributed by atoms with Crippen molar-refractivity contribution in [2.75, 3.05) is 7.11 Å². The highest BCUT2D eigenvalue weighted by atomic mass is 79.9. The molecule has 0 saturated heterocycles. The van der Waals surface area contributed by atoms with Gasteiger partial charge in [0.15, 0.2) is 0 Å². The molecule has 0 heterocycles. The van der Waals surface area contributed by atoms with Gasteiger partial charge in [-0.15, -0.1) is 0 Å². The SMILES string of the molecule is COC(=O)c1c(C)c(Br)c(N=[N+]=[N-])c(F)c1Cc1ccc(Cl)cc1C. The molecule has 0 saturated carbocycles. The van der Waals surface area contributed by atoms with Crippen LogP contribution in [-0.2, 0) is 11.2 Å². The molecule has 0 aromatic heterocycles. The maximum Gasteiger partial charge on any atom is 0.338 e. The van der Waals surface area contributed by atoms with Crippen LogP contribution in [0.25, 0.3) is 10.4 Å². The highest BCUT2D eigenvalue weighted by molar-refractivity contribution is 9.10. The molecule has 0 aliphatic carbocycles. The van der Waals surface area contributed by atoms with Gasteiger partial charge < -0.3 is 4.74 Å². The smallest absolute Gasteiger partial charge is 0.338 e. The maximum atomic E-state index is 15.0. The van der Waals surface area contributed by atoms with Gasteiger partial charge in [-0.3, -0.25) is 0 Å². The lowest BCUT2D eigenvalue weighted by atomic mass is 9.93. The molecule has 0 aliphatic heterocycles. The lowest BCUT2D eigenvalue weighted by molar-refractivity contribution is 0.0598. The minimum atomic E-state index is -0.759. The quantitative estimate of drug-likeness (QED) is 0.253. The Morgan fingerprint density at radius 2 is 2.12 bits per heavy atom. The lowest BCUT2D eigenvalue weighted by Crippen LogP contribution is -2.12. The number of carbonyl (C=O) groups excluding carboxylic acids is 1. The summed E-state index contributed by atoms with van der Waals surface area (Å²) in [5, 5.41) is 3.98. The van der Waals surface area contributed by atoms with Crippen LogP contribution in [0.4, 0.5) is 10.1 Å². The second kappa shape index (κ2) is 7.87. The van der Waals surface area contributed by atoms with Gasteiger partial charge in [-0.1, -0.05) is 22.8 Å². The molecule has 0 aliphatic rings. The second-order valence-electron chi connectivity index (χ2n) is 5.38. The van der Waals surface area contributed by atoms with E-state index in [2.05, 4.69) is 26.0 Å². The first-order valence-electron chi connectivity index (χ1n) is 7.20. The van der Waals surface area contributed by atoms with Gasteiger partial charge in [-0.05, 0) is 64.1 Å². The zero-order chi connectivity index (χ0) is 18.7. The van der Waals surface area contributed by atoms with Gasteiger partial charge in [0.2, 0.25) is 0 Å². The number of esters is 1. The minimum Gasteiger partial charge on any atom is -0.465 e. The molecule has 0 N–H and O–H groups in total. The zero-order valence-corrected chi connectivity index (χ0v) is 16.1. The molecule has 0 amide bonds. The number of ether oxygens (including phenoxy) is 1. The molecule has 0 spiro atoms. The summed E-state index contributed by atoms with van der Waals surface area (Å²) in [7, 11) is 1.23. The monoisotopic (exact) mass is 425 g/mol. The van der Waals surface area contributed by atoms with Crippen LogP contribution in [-0.4, -0.2) is 13.1 Å². The van der Waals surface area contributed by atoms with E-state index in [0.717, 1.165) is 11.1 Å². The summed E-state index contributed by atoms with van der Waals surface area (Å²) in [5.41, 5.74) is 10.8. The van der Waals surface area contributed by atoms with Crippen LogP contribution < -0.4 is 0 Å². The van der Waals surface area contributed by atoms with E-state index in [4.69, 9.17) is 21.9 Å². The Balaban J connectivity index is 2.76. The first-order chi connectivity index (χ1) is 11.8. The molecule has 0 radical (unpaired) electrons. The zero-order valence-electron chi connectivity index (χ0n) is 13.7. The normalized spacial score (nSPS) is 10.3. The fourth-order valence-corrected chi connectivity index (χ4v) is 3.27. The van der Waals surface area contributed by atoms with Crippen LogP contribution in [0, 0.1) is 19.7 Å². The molecule has 130 valence electrons. The summed E-state index contributed by atoms with van der Waals surface area (Å²) in [6.45, 7) is 3.47. The van der Waals surface area contributed by atoms with E-state index < -0.39 is 11.8 Å². The van der Waals surface area contributed by atoms with Gasteiger partial charge in [0.05, 0.1) is 18.4 Å². The van der Waals surface area contributed by atoms with Crippen LogP contribution in [0.5, 0.6) is 0 Å². The highest BCUT2D eigenvalue weighted by Crippen LogP contribution is 2.38. The number of hydrogen-bond donors (Lipinski definition) is 0. The third-order valence-corrected chi connectivity index (χ3v) is 5.10. The molecular weight excluding hydrogens is 413 g/mol. The van der Waals surface area contributed by atoms with Crippen molar-refractivity contribution in [2.45, 2.75) is 20.3 Å². The minimum absolute atomic E-state index is 0.109. The summed E-state index contributed by atoms with van der Waals surface area (Å²) in [6.07, 6.45) is 0.126. The van der Waals surface area contributed by atoms with E-state index in [1.54, 1.807) is 25.1 Å². The van der Waals surface area contributed by atoms with Crippen molar-refractivity contribution in [3.63, 3.8) is 0 Å². The predicted molar refractivity (Wildman–Crippen MR) is 98.0 cm³/mol.